The van der Waals surface area contributed by atoms with Crippen molar-refractivity contribution in [2.75, 3.05) is 0 Å². The molecule has 3 heteroatoms. The maximum absolute atomic E-state index is 5.84. The van der Waals surface area contributed by atoms with E-state index in [1.165, 1.54) is 0 Å². The first-order chi connectivity index (χ1) is 8.33. The lowest BCUT2D eigenvalue weighted by atomic mass is 10.2. The molecule has 0 aliphatic heterocycles. The standard InChI is InChI=1S/C14H10ClNO/c15-12-7-5-11(6-8-12)14-16-9-13(17-14)10-3-1-2-4-10/h1-3,5-9H,4H2. The van der Waals surface area contributed by atoms with Crippen molar-refractivity contribution in [3.8, 4) is 11.5 Å². The topological polar surface area (TPSA) is 26.0 Å². The normalized spacial score (nSPS) is 14.1. The van der Waals surface area contributed by atoms with Crippen molar-refractivity contribution in [3.05, 3.63) is 59.5 Å². The van der Waals surface area contributed by atoms with Gasteiger partial charge >= 0.3 is 0 Å². The average molecular weight is 244 g/mol. The van der Waals surface area contributed by atoms with Crippen LogP contribution in [0.25, 0.3) is 17.0 Å². The second kappa shape index (κ2) is 4.22. The van der Waals surface area contributed by atoms with Gasteiger partial charge < -0.3 is 4.42 Å². The van der Waals surface area contributed by atoms with Crippen LogP contribution in [0.4, 0.5) is 0 Å². The molecule has 1 aromatic heterocycles. The zero-order chi connectivity index (χ0) is 11.7. The zero-order valence-corrected chi connectivity index (χ0v) is 9.82. The number of hydrogen-bond donors (Lipinski definition) is 0. The molecule has 0 saturated carbocycles. The summed E-state index contributed by atoms with van der Waals surface area (Å²) in [5, 5.41) is 0.711. The van der Waals surface area contributed by atoms with Gasteiger partial charge in [0.1, 0.15) is 0 Å². The molecule has 0 unspecified atom stereocenters. The summed E-state index contributed by atoms with van der Waals surface area (Å²) in [6, 6.07) is 7.47. The molecular formula is C14H10ClNO. The van der Waals surface area contributed by atoms with Crippen LogP contribution in [0.3, 0.4) is 0 Å². The monoisotopic (exact) mass is 243 g/mol. The van der Waals surface area contributed by atoms with Crippen molar-refractivity contribution in [2.45, 2.75) is 6.42 Å². The number of rotatable bonds is 2. The van der Waals surface area contributed by atoms with E-state index in [4.69, 9.17) is 16.0 Å². The summed E-state index contributed by atoms with van der Waals surface area (Å²) in [4.78, 5) is 4.28. The second-order valence-corrected chi connectivity index (χ2v) is 4.30. The second-order valence-electron chi connectivity index (χ2n) is 3.86. The molecule has 1 aliphatic rings. The molecule has 0 spiro atoms. The summed E-state index contributed by atoms with van der Waals surface area (Å²) in [5.41, 5.74) is 2.10. The van der Waals surface area contributed by atoms with Gasteiger partial charge in [-0.15, -0.1) is 0 Å². The summed E-state index contributed by atoms with van der Waals surface area (Å²) in [5.74, 6) is 1.46. The number of benzene rings is 1. The third kappa shape index (κ3) is 2.04. The molecule has 1 aliphatic carbocycles. The van der Waals surface area contributed by atoms with Gasteiger partial charge in [0.25, 0.3) is 0 Å². The van der Waals surface area contributed by atoms with Crippen molar-refractivity contribution >= 4 is 17.2 Å². The summed E-state index contributed by atoms with van der Waals surface area (Å²) < 4.78 is 5.73. The van der Waals surface area contributed by atoms with E-state index in [-0.39, 0.29) is 0 Å². The van der Waals surface area contributed by atoms with Crippen LogP contribution in [-0.4, -0.2) is 4.98 Å². The lowest BCUT2D eigenvalue weighted by Crippen LogP contribution is -1.76. The van der Waals surface area contributed by atoms with Gasteiger partial charge in [-0.25, -0.2) is 4.98 Å². The average Bonchev–Trinajstić information content (AvgIpc) is 3.00. The highest BCUT2D eigenvalue weighted by molar-refractivity contribution is 6.30. The van der Waals surface area contributed by atoms with E-state index in [0.29, 0.717) is 10.9 Å². The number of aromatic nitrogens is 1. The van der Waals surface area contributed by atoms with Gasteiger partial charge in [-0.1, -0.05) is 29.8 Å². The number of halogens is 1. The van der Waals surface area contributed by atoms with Gasteiger partial charge in [0.2, 0.25) is 5.89 Å². The lowest BCUT2D eigenvalue weighted by Gasteiger charge is -1.96. The smallest absolute Gasteiger partial charge is 0.226 e. The van der Waals surface area contributed by atoms with E-state index >= 15 is 0 Å². The third-order valence-corrected chi connectivity index (χ3v) is 2.94. The minimum atomic E-state index is 0.629. The quantitative estimate of drug-likeness (QED) is 0.784. The number of nitrogens with zero attached hydrogens (tertiary/aromatic N) is 1. The molecule has 17 heavy (non-hydrogen) atoms. The van der Waals surface area contributed by atoms with Crippen molar-refractivity contribution < 1.29 is 4.42 Å². The molecule has 0 fully saturated rings. The minimum absolute atomic E-state index is 0.629. The fourth-order valence-corrected chi connectivity index (χ4v) is 1.90. The first-order valence-electron chi connectivity index (χ1n) is 5.41. The predicted octanol–water partition coefficient (Wildman–Crippen LogP) is 4.34. The maximum Gasteiger partial charge on any atom is 0.226 e. The SMILES string of the molecule is Clc1ccc(-c2ncc(C3=CC=CC3)o2)cc1. The van der Waals surface area contributed by atoms with Gasteiger partial charge in [0, 0.05) is 16.2 Å². The molecule has 84 valence electrons. The Hall–Kier alpha value is -1.80. The molecule has 2 aromatic rings. The minimum Gasteiger partial charge on any atom is -0.436 e. The van der Waals surface area contributed by atoms with Crippen molar-refractivity contribution in [3.63, 3.8) is 0 Å². The predicted molar refractivity (Wildman–Crippen MR) is 68.7 cm³/mol. The van der Waals surface area contributed by atoms with Crippen LogP contribution < -0.4 is 0 Å². The molecule has 0 bridgehead atoms. The van der Waals surface area contributed by atoms with Gasteiger partial charge in [0.15, 0.2) is 5.76 Å². The number of allylic oxidation sites excluding steroid dienone is 4. The Labute approximate surface area is 104 Å². The fourth-order valence-electron chi connectivity index (χ4n) is 1.78. The molecule has 2 nitrogen and oxygen atoms in total. The third-order valence-electron chi connectivity index (χ3n) is 2.68. The Bertz CT molecular complexity index is 593. The molecular weight excluding hydrogens is 234 g/mol. The Morgan fingerprint density at radius 3 is 2.71 bits per heavy atom. The largest absolute Gasteiger partial charge is 0.436 e. The highest BCUT2D eigenvalue weighted by Crippen LogP contribution is 2.27. The Kier molecular flexibility index (Phi) is 2.57. The first kappa shape index (κ1) is 10.4. The first-order valence-corrected chi connectivity index (χ1v) is 5.78. The molecule has 0 amide bonds. The highest BCUT2D eigenvalue weighted by Gasteiger charge is 2.10. The van der Waals surface area contributed by atoms with E-state index in [2.05, 4.69) is 11.1 Å². The molecule has 0 radical (unpaired) electrons. The molecule has 0 atom stereocenters. The Morgan fingerprint density at radius 2 is 2.00 bits per heavy atom. The Balaban J connectivity index is 1.92. The fraction of sp³-hybridized carbons (Fsp3) is 0.0714. The summed E-state index contributed by atoms with van der Waals surface area (Å²) in [6.07, 6.45) is 8.85. The molecule has 3 rings (SSSR count). The van der Waals surface area contributed by atoms with Crippen LogP contribution in [0, 0.1) is 0 Å². The zero-order valence-electron chi connectivity index (χ0n) is 9.06. The van der Waals surface area contributed by atoms with Gasteiger partial charge in [-0.05, 0) is 30.7 Å². The molecule has 1 aromatic carbocycles. The van der Waals surface area contributed by atoms with Crippen LogP contribution >= 0.6 is 11.6 Å². The highest BCUT2D eigenvalue weighted by atomic mass is 35.5. The lowest BCUT2D eigenvalue weighted by molar-refractivity contribution is 0.559. The van der Waals surface area contributed by atoms with E-state index in [1.54, 1.807) is 6.20 Å². The summed E-state index contributed by atoms with van der Waals surface area (Å²) in [7, 11) is 0. The van der Waals surface area contributed by atoms with Gasteiger partial charge in [-0.3, -0.25) is 0 Å². The molecule has 1 heterocycles. The van der Waals surface area contributed by atoms with Gasteiger partial charge in [0.05, 0.1) is 6.20 Å². The van der Waals surface area contributed by atoms with E-state index in [1.807, 2.05) is 36.4 Å². The van der Waals surface area contributed by atoms with E-state index < -0.39 is 0 Å². The van der Waals surface area contributed by atoms with E-state index in [0.717, 1.165) is 23.3 Å². The van der Waals surface area contributed by atoms with Crippen LogP contribution in [-0.2, 0) is 0 Å². The summed E-state index contributed by atoms with van der Waals surface area (Å²) >= 11 is 5.84. The number of oxazole rings is 1. The van der Waals surface area contributed by atoms with E-state index in [9.17, 15) is 0 Å². The van der Waals surface area contributed by atoms with Crippen molar-refractivity contribution in [1.82, 2.24) is 4.98 Å². The molecule has 0 N–H and O–H groups in total. The Morgan fingerprint density at radius 1 is 1.18 bits per heavy atom. The van der Waals surface area contributed by atoms with Crippen LogP contribution in [0.15, 0.2) is 53.1 Å². The number of hydrogen-bond acceptors (Lipinski definition) is 2. The van der Waals surface area contributed by atoms with Crippen LogP contribution in [0.2, 0.25) is 5.02 Å². The van der Waals surface area contributed by atoms with Crippen LogP contribution in [0.5, 0.6) is 0 Å². The van der Waals surface area contributed by atoms with Crippen molar-refractivity contribution in [1.29, 1.82) is 0 Å². The molecule has 0 saturated heterocycles. The maximum atomic E-state index is 5.84. The van der Waals surface area contributed by atoms with Crippen LogP contribution in [0.1, 0.15) is 12.2 Å². The summed E-state index contributed by atoms with van der Waals surface area (Å²) in [6.45, 7) is 0. The van der Waals surface area contributed by atoms with Crippen molar-refractivity contribution in [2.24, 2.45) is 0 Å². The van der Waals surface area contributed by atoms with Gasteiger partial charge in [-0.2, -0.15) is 0 Å².